The van der Waals surface area contributed by atoms with Crippen molar-refractivity contribution in [3.63, 3.8) is 0 Å². The average molecular weight is 458 g/mol. The van der Waals surface area contributed by atoms with Crippen LogP contribution in [-0.4, -0.2) is 66.1 Å². The maximum Gasteiger partial charge on any atom is 0.162 e. The zero-order valence-corrected chi connectivity index (χ0v) is 18.5. The van der Waals surface area contributed by atoms with Gasteiger partial charge in [0.25, 0.3) is 0 Å². The van der Waals surface area contributed by atoms with E-state index in [-0.39, 0.29) is 0 Å². The summed E-state index contributed by atoms with van der Waals surface area (Å²) in [6.07, 6.45) is 1.79. The van der Waals surface area contributed by atoms with Crippen LogP contribution in [0.2, 0.25) is 0 Å². The van der Waals surface area contributed by atoms with Gasteiger partial charge in [-0.1, -0.05) is 19.1 Å². The highest BCUT2D eigenvalue weighted by atomic mass is 32.2. The highest BCUT2D eigenvalue weighted by Crippen LogP contribution is 2.36. The Morgan fingerprint density at radius 1 is 1.32 bits per heavy atom. The first-order chi connectivity index (χ1) is 15.1. The van der Waals surface area contributed by atoms with Gasteiger partial charge in [-0.2, -0.15) is 5.10 Å². The summed E-state index contributed by atoms with van der Waals surface area (Å²) in [5.41, 5.74) is 2.66. The molecular formula is C20H21N6O3S2-. The van der Waals surface area contributed by atoms with E-state index in [0.717, 1.165) is 50.5 Å². The molecule has 0 amide bonds. The molecule has 0 aliphatic carbocycles. The van der Waals surface area contributed by atoms with Gasteiger partial charge in [0, 0.05) is 53.3 Å². The molecule has 1 saturated heterocycles. The number of nitrogens with zero attached hydrogens (tertiary/aromatic N) is 5. The van der Waals surface area contributed by atoms with Crippen LogP contribution in [0.4, 0.5) is 5.82 Å². The SMILES string of the molecule is CCN(Cc1cc2nc(-c3cccc4[nH]ncc34)nc(N3CCOCC3)c2s1)S(=O)[O-]. The fourth-order valence-electron chi connectivity index (χ4n) is 3.76. The third-order valence-corrected chi connectivity index (χ3v) is 7.25. The van der Waals surface area contributed by atoms with Crippen LogP contribution < -0.4 is 4.90 Å². The van der Waals surface area contributed by atoms with Crippen molar-refractivity contribution in [1.82, 2.24) is 24.5 Å². The predicted molar refractivity (Wildman–Crippen MR) is 121 cm³/mol. The van der Waals surface area contributed by atoms with Gasteiger partial charge in [0.15, 0.2) is 11.6 Å². The fraction of sp³-hybridized carbons (Fsp3) is 0.350. The Labute approximate surface area is 185 Å². The van der Waals surface area contributed by atoms with Crippen molar-refractivity contribution in [2.24, 2.45) is 0 Å². The molecule has 1 atom stereocenters. The molecule has 1 fully saturated rings. The van der Waals surface area contributed by atoms with E-state index in [9.17, 15) is 8.76 Å². The van der Waals surface area contributed by atoms with Crippen LogP contribution in [0, 0.1) is 0 Å². The Morgan fingerprint density at radius 2 is 2.16 bits per heavy atom. The molecule has 4 aromatic rings. The maximum absolute atomic E-state index is 11.5. The van der Waals surface area contributed by atoms with Crippen molar-refractivity contribution >= 4 is 49.5 Å². The van der Waals surface area contributed by atoms with Crippen molar-refractivity contribution in [1.29, 1.82) is 0 Å². The lowest BCUT2D eigenvalue weighted by Gasteiger charge is -2.28. The molecule has 3 aromatic heterocycles. The molecule has 1 aliphatic heterocycles. The number of rotatable bonds is 6. The van der Waals surface area contributed by atoms with Crippen LogP contribution in [0.3, 0.4) is 0 Å². The molecule has 11 heteroatoms. The average Bonchev–Trinajstić information content (AvgIpc) is 3.43. The number of fused-ring (bicyclic) bond motifs is 2. The van der Waals surface area contributed by atoms with Gasteiger partial charge in [0.2, 0.25) is 0 Å². The zero-order chi connectivity index (χ0) is 21.4. The molecule has 1 aromatic carbocycles. The van der Waals surface area contributed by atoms with Crippen molar-refractivity contribution in [2.75, 3.05) is 37.7 Å². The number of aromatic amines is 1. The Bertz CT molecular complexity index is 1250. The number of aromatic nitrogens is 4. The predicted octanol–water partition coefficient (Wildman–Crippen LogP) is 2.69. The van der Waals surface area contributed by atoms with Crippen LogP contribution in [0.5, 0.6) is 0 Å². The molecule has 0 spiro atoms. The molecule has 4 heterocycles. The number of anilines is 1. The molecule has 0 bridgehead atoms. The second kappa shape index (κ2) is 8.60. The topological polar surface area (TPSA) is 110 Å². The van der Waals surface area contributed by atoms with Crippen LogP contribution in [-0.2, 0) is 22.5 Å². The minimum absolute atomic E-state index is 0.322. The lowest BCUT2D eigenvalue weighted by Crippen LogP contribution is -2.36. The largest absolute Gasteiger partial charge is 0.760 e. The first-order valence-corrected chi connectivity index (χ1v) is 11.9. The van der Waals surface area contributed by atoms with E-state index in [1.54, 1.807) is 17.5 Å². The second-order valence-corrected chi connectivity index (χ2v) is 9.29. The number of thiophene rings is 1. The molecule has 5 rings (SSSR count). The van der Waals surface area contributed by atoms with Crippen molar-refractivity contribution in [3.8, 4) is 11.4 Å². The minimum Gasteiger partial charge on any atom is -0.760 e. The van der Waals surface area contributed by atoms with Gasteiger partial charge in [-0.3, -0.25) is 9.31 Å². The van der Waals surface area contributed by atoms with Gasteiger partial charge in [-0.05, 0) is 12.1 Å². The lowest BCUT2D eigenvalue weighted by molar-refractivity contribution is 0.122. The van der Waals surface area contributed by atoms with Crippen molar-refractivity contribution < 1.29 is 13.5 Å². The van der Waals surface area contributed by atoms with Crippen LogP contribution in [0.25, 0.3) is 32.5 Å². The minimum atomic E-state index is -2.26. The van der Waals surface area contributed by atoms with Gasteiger partial charge >= 0.3 is 0 Å². The fourth-order valence-corrected chi connectivity index (χ4v) is 5.42. The Morgan fingerprint density at radius 3 is 2.94 bits per heavy atom. The number of H-pyrrole nitrogens is 1. The second-order valence-electron chi connectivity index (χ2n) is 7.21. The summed E-state index contributed by atoms with van der Waals surface area (Å²) in [7, 11) is 0. The van der Waals surface area contributed by atoms with Gasteiger partial charge in [0.05, 0.1) is 35.1 Å². The molecule has 31 heavy (non-hydrogen) atoms. The first-order valence-electron chi connectivity index (χ1n) is 10.0. The summed E-state index contributed by atoms with van der Waals surface area (Å²) < 4.78 is 30.8. The molecule has 162 valence electrons. The van der Waals surface area contributed by atoms with E-state index in [1.165, 1.54) is 4.31 Å². The van der Waals surface area contributed by atoms with E-state index >= 15 is 0 Å². The zero-order valence-electron chi connectivity index (χ0n) is 16.9. The number of hydrogen-bond acceptors (Lipinski definition) is 8. The lowest BCUT2D eigenvalue weighted by atomic mass is 10.1. The summed E-state index contributed by atoms with van der Waals surface area (Å²) in [4.78, 5) is 13.0. The number of ether oxygens (including phenoxy) is 1. The van der Waals surface area contributed by atoms with Gasteiger partial charge in [-0.15, -0.1) is 11.3 Å². The molecule has 1 aliphatic rings. The van der Waals surface area contributed by atoms with E-state index < -0.39 is 11.3 Å². The number of morpholine rings is 1. The van der Waals surface area contributed by atoms with Crippen LogP contribution in [0.1, 0.15) is 11.8 Å². The number of nitrogens with one attached hydrogen (secondary N) is 1. The Balaban J connectivity index is 1.65. The van der Waals surface area contributed by atoms with Crippen molar-refractivity contribution in [3.05, 3.63) is 35.3 Å². The van der Waals surface area contributed by atoms with E-state index in [4.69, 9.17) is 14.7 Å². The third kappa shape index (κ3) is 3.94. The summed E-state index contributed by atoms with van der Waals surface area (Å²) in [6.45, 7) is 5.36. The summed E-state index contributed by atoms with van der Waals surface area (Å²) in [5.74, 6) is 1.50. The van der Waals surface area contributed by atoms with Gasteiger partial charge in [0.1, 0.15) is 0 Å². The molecule has 0 saturated carbocycles. The van der Waals surface area contributed by atoms with E-state index in [1.807, 2.05) is 31.2 Å². The number of benzene rings is 1. The van der Waals surface area contributed by atoms with Crippen LogP contribution in [0.15, 0.2) is 30.5 Å². The monoisotopic (exact) mass is 457 g/mol. The Hall–Kier alpha value is -2.44. The number of hydrogen-bond donors (Lipinski definition) is 1. The third-order valence-electron chi connectivity index (χ3n) is 5.34. The van der Waals surface area contributed by atoms with Crippen LogP contribution >= 0.6 is 11.3 Å². The van der Waals surface area contributed by atoms with Gasteiger partial charge < -0.3 is 14.2 Å². The Kier molecular flexibility index (Phi) is 5.67. The first kappa shape index (κ1) is 20.5. The van der Waals surface area contributed by atoms with E-state index in [0.29, 0.717) is 32.1 Å². The van der Waals surface area contributed by atoms with E-state index in [2.05, 4.69) is 15.1 Å². The molecule has 9 nitrogen and oxygen atoms in total. The van der Waals surface area contributed by atoms with Gasteiger partial charge in [-0.25, -0.2) is 14.3 Å². The highest BCUT2D eigenvalue weighted by Gasteiger charge is 2.21. The molecule has 0 radical (unpaired) electrons. The summed E-state index contributed by atoms with van der Waals surface area (Å²) in [5, 5.41) is 8.11. The maximum atomic E-state index is 11.5. The molecule has 1 unspecified atom stereocenters. The quantitative estimate of drug-likeness (QED) is 0.443. The summed E-state index contributed by atoms with van der Waals surface area (Å²) >= 11 is -0.717. The highest BCUT2D eigenvalue weighted by molar-refractivity contribution is 7.76. The smallest absolute Gasteiger partial charge is 0.162 e. The van der Waals surface area contributed by atoms with Crippen molar-refractivity contribution in [2.45, 2.75) is 13.5 Å². The summed E-state index contributed by atoms with van der Waals surface area (Å²) in [6, 6.07) is 7.90. The molecule has 1 N–H and O–H groups in total. The molecular weight excluding hydrogens is 436 g/mol. The normalized spacial score (nSPS) is 15.9. The standard InChI is InChI=1S/C20H22N6O3S2/c1-2-26(31(27)28)12-13-10-17-18(30-13)20(25-6-8-29-9-7-25)23-19(22-17)14-4-3-5-16-15(14)11-21-24-16/h3-5,10-11H,2,6-9,12H2,1H3,(H,21,24)(H,27,28)/p-1.